The number of phenols is 1. The Hall–Kier alpha value is -1.22. The van der Waals surface area contributed by atoms with Crippen molar-refractivity contribution in [2.75, 3.05) is 18.0 Å². The molecule has 2 N–H and O–H groups in total. The van der Waals surface area contributed by atoms with Crippen molar-refractivity contribution in [1.29, 1.82) is 0 Å². The van der Waals surface area contributed by atoms with Gasteiger partial charge in [0.15, 0.2) is 0 Å². The number of hydrogen-bond donors (Lipinski definition) is 2. The molecule has 0 bridgehead atoms. The largest absolute Gasteiger partial charge is 0.508 e. The minimum atomic E-state index is 0.348. The van der Waals surface area contributed by atoms with Crippen molar-refractivity contribution in [2.24, 2.45) is 0 Å². The van der Waals surface area contributed by atoms with Crippen LogP contribution in [-0.2, 0) is 0 Å². The average Bonchev–Trinajstić information content (AvgIpc) is 2.96. The van der Waals surface area contributed by atoms with Crippen LogP contribution >= 0.6 is 0 Å². The predicted molar refractivity (Wildman–Crippen MR) is 60.3 cm³/mol. The molecule has 15 heavy (non-hydrogen) atoms. The lowest BCUT2D eigenvalue weighted by molar-refractivity contribution is 0.410. The fraction of sp³-hybridized carbons (Fsp3) is 0.500. The molecule has 0 unspecified atom stereocenters. The zero-order valence-electron chi connectivity index (χ0n) is 8.69. The number of rotatable bonds is 3. The Morgan fingerprint density at radius 2 is 1.73 bits per heavy atom. The van der Waals surface area contributed by atoms with E-state index < -0.39 is 0 Å². The van der Waals surface area contributed by atoms with E-state index in [9.17, 15) is 5.11 Å². The van der Waals surface area contributed by atoms with E-state index in [1.165, 1.54) is 18.5 Å². The minimum Gasteiger partial charge on any atom is -0.508 e. The summed E-state index contributed by atoms with van der Waals surface area (Å²) in [7, 11) is 0. The van der Waals surface area contributed by atoms with Gasteiger partial charge in [-0.1, -0.05) is 0 Å². The van der Waals surface area contributed by atoms with Gasteiger partial charge in [0.1, 0.15) is 5.75 Å². The van der Waals surface area contributed by atoms with Crippen molar-refractivity contribution in [3.63, 3.8) is 0 Å². The molecular weight excluding hydrogens is 188 g/mol. The summed E-state index contributed by atoms with van der Waals surface area (Å²) < 4.78 is 0. The highest BCUT2D eigenvalue weighted by molar-refractivity contribution is 5.52. The monoisotopic (exact) mass is 204 g/mol. The average molecular weight is 204 g/mol. The normalized spacial score (nSPS) is 21.1. The Bertz CT molecular complexity index is 341. The lowest BCUT2D eigenvalue weighted by Gasteiger charge is -2.40. The van der Waals surface area contributed by atoms with Gasteiger partial charge >= 0.3 is 0 Å². The molecule has 0 atom stereocenters. The third-order valence-electron chi connectivity index (χ3n) is 3.24. The number of benzene rings is 1. The summed E-state index contributed by atoms with van der Waals surface area (Å²) in [5.74, 6) is 0.348. The number of aromatic hydroxyl groups is 1. The molecule has 0 aromatic heterocycles. The van der Waals surface area contributed by atoms with Crippen LogP contribution in [0.4, 0.5) is 5.69 Å². The van der Waals surface area contributed by atoms with Crippen LogP contribution in [0.25, 0.3) is 0 Å². The topological polar surface area (TPSA) is 35.5 Å². The number of nitrogens with one attached hydrogen (secondary N) is 1. The Balaban J connectivity index is 1.84. The Labute approximate surface area is 89.7 Å². The van der Waals surface area contributed by atoms with Crippen LogP contribution in [0.2, 0.25) is 0 Å². The van der Waals surface area contributed by atoms with E-state index in [1.54, 1.807) is 12.1 Å². The minimum absolute atomic E-state index is 0.348. The molecule has 1 aromatic rings. The van der Waals surface area contributed by atoms with Crippen molar-refractivity contribution in [3.8, 4) is 5.75 Å². The van der Waals surface area contributed by atoms with Crippen molar-refractivity contribution >= 4 is 5.69 Å². The molecule has 0 spiro atoms. The van der Waals surface area contributed by atoms with Crippen molar-refractivity contribution in [3.05, 3.63) is 24.3 Å². The number of anilines is 1. The molecule has 1 aliphatic heterocycles. The molecule has 0 radical (unpaired) electrons. The zero-order valence-corrected chi connectivity index (χ0v) is 8.69. The Morgan fingerprint density at radius 1 is 1.07 bits per heavy atom. The third kappa shape index (κ3) is 1.67. The maximum Gasteiger partial charge on any atom is 0.115 e. The molecule has 0 amide bonds. The molecule has 2 fully saturated rings. The van der Waals surface area contributed by atoms with Crippen molar-refractivity contribution in [1.82, 2.24) is 5.32 Å². The molecule has 1 heterocycles. The molecule has 1 saturated heterocycles. The summed E-state index contributed by atoms with van der Waals surface area (Å²) in [4.78, 5) is 2.51. The first-order chi connectivity index (χ1) is 7.34. The quantitative estimate of drug-likeness (QED) is 0.779. The van der Waals surface area contributed by atoms with Crippen LogP contribution in [0.5, 0.6) is 5.75 Å². The fourth-order valence-electron chi connectivity index (χ4n) is 2.17. The second-order valence-electron chi connectivity index (χ2n) is 4.47. The predicted octanol–water partition coefficient (Wildman–Crippen LogP) is 1.33. The van der Waals surface area contributed by atoms with E-state index in [0.29, 0.717) is 11.8 Å². The van der Waals surface area contributed by atoms with Crippen LogP contribution in [0.15, 0.2) is 24.3 Å². The number of nitrogens with zero attached hydrogens (tertiary/aromatic N) is 1. The van der Waals surface area contributed by atoms with Gasteiger partial charge in [0.2, 0.25) is 0 Å². The highest BCUT2D eigenvalue weighted by atomic mass is 16.3. The summed E-state index contributed by atoms with van der Waals surface area (Å²) in [6.07, 6.45) is 2.63. The van der Waals surface area contributed by atoms with Crippen LogP contribution in [0, 0.1) is 0 Å². The maximum absolute atomic E-state index is 9.27. The van der Waals surface area contributed by atoms with Crippen LogP contribution in [-0.4, -0.2) is 30.3 Å². The highest BCUT2D eigenvalue weighted by Crippen LogP contribution is 2.34. The lowest BCUT2D eigenvalue weighted by Crippen LogP contribution is -2.58. The van der Waals surface area contributed by atoms with Gasteiger partial charge in [0.05, 0.1) is 6.04 Å². The second-order valence-corrected chi connectivity index (χ2v) is 4.47. The third-order valence-corrected chi connectivity index (χ3v) is 3.24. The summed E-state index contributed by atoms with van der Waals surface area (Å²) in [5.41, 5.74) is 1.25. The first kappa shape index (κ1) is 9.04. The van der Waals surface area contributed by atoms with Gasteiger partial charge in [0, 0.05) is 24.8 Å². The SMILES string of the molecule is Oc1ccc(N(C2CC2)C2CNC2)cc1. The first-order valence-corrected chi connectivity index (χ1v) is 5.63. The number of phenolic OH excluding ortho intramolecular Hbond substituents is 1. The second kappa shape index (κ2) is 3.42. The van der Waals surface area contributed by atoms with Gasteiger partial charge in [-0.15, -0.1) is 0 Å². The van der Waals surface area contributed by atoms with Gasteiger partial charge in [-0.2, -0.15) is 0 Å². The summed E-state index contributed by atoms with van der Waals surface area (Å²) in [6.45, 7) is 2.19. The van der Waals surface area contributed by atoms with E-state index in [2.05, 4.69) is 10.2 Å². The molecule has 2 aliphatic rings. The van der Waals surface area contributed by atoms with Crippen LogP contribution < -0.4 is 10.2 Å². The van der Waals surface area contributed by atoms with Crippen molar-refractivity contribution < 1.29 is 5.11 Å². The molecule has 3 nitrogen and oxygen atoms in total. The summed E-state index contributed by atoms with van der Waals surface area (Å²) in [5, 5.41) is 12.6. The maximum atomic E-state index is 9.27. The molecule has 1 aliphatic carbocycles. The highest BCUT2D eigenvalue weighted by Gasteiger charge is 2.36. The van der Waals surface area contributed by atoms with Gasteiger partial charge in [-0.3, -0.25) is 0 Å². The van der Waals surface area contributed by atoms with Crippen LogP contribution in [0.3, 0.4) is 0 Å². The van der Waals surface area contributed by atoms with Crippen molar-refractivity contribution in [2.45, 2.75) is 24.9 Å². The summed E-state index contributed by atoms with van der Waals surface area (Å²) in [6, 6.07) is 8.98. The molecule has 80 valence electrons. The molecule has 3 rings (SSSR count). The van der Waals surface area contributed by atoms with E-state index >= 15 is 0 Å². The van der Waals surface area contributed by atoms with Crippen LogP contribution in [0.1, 0.15) is 12.8 Å². The van der Waals surface area contributed by atoms with Gasteiger partial charge in [-0.25, -0.2) is 0 Å². The van der Waals surface area contributed by atoms with Gasteiger partial charge < -0.3 is 15.3 Å². The molecule has 3 heteroatoms. The van der Waals surface area contributed by atoms with E-state index in [1.807, 2.05) is 12.1 Å². The smallest absolute Gasteiger partial charge is 0.115 e. The molecular formula is C12H16N2O. The lowest BCUT2D eigenvalue weighted by atomic mass is 10.1. The zero-order chi connectivity index (χ0) is 10.3. The fourth-order valence-corrected chi connectivity index (χ4v) is 2.17. The van der Waals surface area contributed by atoms with Gasteiger partial charge in [0.25, 0.3) is 0 Å². The van der Waals surface area contributed by atoms with Gasteiger partial charge in [-0.05, 0) is 37.1 Å². The first-order valence-electron chi connectivity index (χ1n) is 5.63. The van der Waals surface area contributed by atoms with E-state index in [4.69, 9.17) is 0 Å². The van der Waals surface area contributed by atoms with E-state index in [-0.39, 0.29) is 0 Å². The standard InChI is InChI=1S/C12H16N2O/c15-12-5-3-10(4-6-12)14(9-1-2-9)11-7-13-8-11/h3-6,9,11,13,15H,1-2,7-8H2. The summed E-state index contributed by atoms with van der Waals surface area (Å²) >= 11 is 0. The Morgan fingerprint density at radius 3 is 2.20 bits per heavy atom. The Kier molecular flexibility index (Phi) is 2.06. The van der Waals surface area contributed by atoms with E-state index in [0.717, 1.165) is 19.1 Å². The number of hydrogen-bond acceptors (Lipinski definition) is 3. The molecule has 1 saturated carbocycles. The molecule has 1 aromatic carbocycles.